The Balaban J connectivity index is 1.90. The molecule has 1 atom stereocenters. The molecule has 22 heavy (non-hydrogen) atoms. The molecule has 0 bridgehead atoms. The molecule has 116 valence electrons. The lowest BCUT2D eigenvalue weighted by Crippen LogP contribution is -2.33. The van der Waals surface area contributed by atoms with Gasteiger partial charge in [-0.2, -0.15) is 0 Å². The van der Waals surface area contributed by atoms with Crippen LogP contribution in [0.25, 0.3) is 0 Å². The fraction of sp³-hybridized carbons (Fsp3) is 0.278. The summed E-state index contributed by atoms with van der Waals surface area (Å²) < 4.78 is 10.4. The summed E-state index contributed by atoms with van der Waals surface area (Å²) in [6, 6.07) is 15.2. The second-order valence-electron chi connectivity index (χ2n) is 5.26. The van der Waals surface area contributed by atoms with E-state index >= 15 is 0 Å². The predicted octanol–water partition coefficient (Wildman–Crippen LogP) is 2.62. The first-order valence-electron chi connectivity index (χ1n) is 7.19. The highest BCUT2D eigenvalue weighted by molar-refractivity contribution is 5.75. The standard InChI is InChI=1S/C18H21NO3/c1-13-4-3-5-15(10-13)12-22-16-8-6-14(7-9-16)11-17(19)18(20)21-2/h3-10,17H,11-12,19H2,1-2H3/t17-/m0/s1. The van der Waals surface area contributed by atoms with Gasteiger partial charge in [-0.15, -0.1) is 0 Å². The summed E-state index contributed by atoms with van der Waals surface area (Å²) in [5, 5.41) is 0. The number of carbonyl (C=O) groups excluding carboxylic acids is 1. The van der Waals surface area contributed by atoms with Crippen molar-refractivity contribution in [2.75, 3.05) is 7.11 Å². The van der Waals surface area contributed by atoms with Crippen molar-refractivity contribution in [2.45, 2.75) is 26.0 Å². The van der Waals surface area contributed by atoms with E-state index in [4.69, 9.17) is 10.5 Å². The van der Waals surface area contributed by atoms with Gasteiger partial charge in [0.25, 0.3) is 0 Å². The third-order valence-electron chi connectivity index (χ3n) is 3.37. The van der Waals surface area contributed by atoms with Gasteiger partial charge in [-0.05, 0) is 36.6 Å². The average molecular weight is 299 g/mol. The molecule has 0 aromatic heterocycles. The molecule has 4 nitrogen and oxygen atoms in total. The smallest absolute Gasteiger partial charge is 0.322 e. The normalized spacial score (nSPS) is 11.8. The van der Waals surface area contributed by atoms with Gasteiger partial charge in [0.05, 0.1) is 7.11 Å². The highest BCUT2D eigenvalue weighted by atomic mass is 16.5. The molecule has 0 unspecified atom stereocenters. The third-order valence-corrected chi connectivity index (χ3v) is 3.37. The number of benzene rings is 2. The molecule has 0 spiro atoms. The van der Waals surface area contributed by atoms with Crippen LogP contribution in [0, 0.1) is 6.92 Å². The first kappa shape index (κ1) is 16.0. The van der Waals surface area contributed by atoms with Crippen LogP contribution in [0.5, 0.6) is 5.75 Å². The Bertz CT molecular complexity index is 622. The Morgan fingerprint density at radius 1 is 1.14 bits per heavy atom. The van der Waals surface area contributed by atoms with Gasteiger partial charge < -0.3 is 15.2 Å². The first-order chi connectivity index (χ1) is 10.6. The van der Waals surface area contributed by atoms with E-state index in [2.05, 4.69) is 23.8 Å². The van der Waals surface area contributed by atoms with Crippen molar-refractivity contribution in [3.63, 3.8) is 0 Å². The van der Waals surface area contributed by atoms with Gasteiger partial charge in [-0.1, -0.05) is 42.0 Å². The number of hydrogen-bond acceptors (Lipinski definition) is 4. The van der Waals surface area contributed by atoms with E-state index < -0.39 is 12.0 Å². The zero-order chi connectivity index (χ0) is 15.9. The van der Waals surface area contributed by atoms with Gasteiger partial charge in [-0.3, -0.25) is 4.79 Å². The Morgan fingerprint density at radius 3 is 2.50 bits per heavy atom. The third kappa shape index (κ3) is 4.60. The molecule has 2 N–H and O–H groups in total. The number of ether oxygens (including phenoxy) is 2. The highest BCUT2D eigenvalue weighted by Gasteiger charge is 2.13. The summed E-state index contributed by atoms with van der Waals surface area (Å²) in [4.78, 5) is 11.3. The molecule has 0 amide bonds. The lowest BCUT2D eigenvalue weighted by atomic mass is 10.1. The molecule has 0 fully saturated rings. The highest BCUT2D eigenvalue weighted by Crippen LogP contribution is 2.15. The molecule has 2 aromatic carbocycles. The second kappa shape index (κ2) is 7.61. The summed E-state index contributed by atoms with van der Waals surface area (Å²) in [6.45, 7) is 2.59. The zero-order valence-corrected chi connectivity index (χ0v) is 12.9. The minimum atomic E-state index is -0.635. The van der Waals surface area contributed by atoms with Gasteiger partial charge in [0, 0.05) is 0 Å². The fourth-order valence-corrected chi connectivity index (χ4v) is 2.18. The van der Waals surface area contributed by atoms with Gasteiger partial charge >= 0.3 is 5.97 Å². The second-order valence-corrected chi connectivity index (χ2v) is 5.26. The van der Waals surface area contributed by atoms with Crippen molar-refractivity contribution >= 4 is 5.97 Å². The molecule has 0 aliphatic carbocycles. The SMILES string of the molecule is COC(=O)[C@@H](N)Cc1ccc(OCc2cccc(C)c2)cc1. The number of aryl methyl sites for hydroxylation is 1. The summed E-state index contributed by atoms with van der Waals surface area (Å²) in [5.74, 6) is 0.386. The summed E-state index contributed by atoms with van der Waals surface area (Å²) in [6.07, 6.45) is 0.449. The van der Waals surface area contributed by atoms with Crippen molar-refractivity contribution in [3.8, 4) is 5.75 Å². The lowest BCUT2D eigenvalue weighted by Gasteiger charge is -2.10. The van der Waals surface area contributed by atoms with Crippen LogP contribution in [-0.4, -0.2) is 19.1 Å². The van der Waals surface area contributed by atoms with E-state index in [1.54, 1.807) is 0 Å². The van der Waals surface area contributed by atoms with Crippen LogP contribution in [0.1, 0.15) is 16.7 Å². The van der Waals surface area contributed by atoms with Crippen LogP contribution in [0.3, 0.4) is 0 Å². The van der Waals surface area contributed by atoms with Crippen LogP contribution in [0.15, 0.2) is 48.5 Å². The number of nitrogens with two attached hydrogens (primary N) is 1. The van der Waals surface area contributed by atoms with Gasteiger partial charge in [0.15, 0.2) is 0 Å². The number of rotatable bonds is 6. The van der Waals surface area contributed by atoms with E-state index in [1.165, 1.54) is 12.7 Å². The molecule has 4 heteroatoms. The maximum atomic E-state index is 11.3. The summed E-state index contributed by atoms with van der Waals surface area (Å²) in [7, 11) is 1.34. The maximum absolute atomic E-state index is 11.3. The lowest BCUT2D eigenvalue weighted by molar-refractivity contribution is -0.142. The Labute approximate surface area is 130 Å². The molecule has 0 aliphatic rings. The van der Waals surface area contributed by atoms with Gasteiger partial charge in [0.2, 0.25) is 0 Å². The fourth-order valence-electron chi connectivity index (χ4n) is 2.18. The summed E-state index contributed by atoms with van der Waals surface area (Å²) in [5.41, 5.74) is 9.07. The Hall–Kier alpha value is -2.33. The zero-order valence-electron chi connectivity index (χ0n) is 12.9. The number of hydrogen-bond donors (Lipinski definition) is 1. The number of carbonyl (C=O) groups is 1. The van der Waals surface area contributed by atoms with E-state index in [1.807, 2.05) is 36.4 Å². The van der Waals surface area contributed by atoms with E-state index in [0.29, 0.717) is 13.0 Å². The molecular weight excluding hydrogens is 278 g/mol. The average Bonchev–Trinajstić information content (AvgIpc) is 2.53. The largest absolute Gasteiger partial charge is 0.489 e. The first-order valence-corrected chi connectivity index (χ1v) is 7.19. The van der Waals surface area contributed by atoms with Crippen molar-refractivity contribution in [1.82, 2.24) is 0 Å². The summed E-state index contributed by atoms with van der Waals surface area (Å²) >= 11 is 0. The number of methoxy groups -OCH3 is 1. The quantitative estimate of drug-likeness (QED) is 0.833. The van der Waals surface area contributed by atoms with Crippen LogP contribution >= 0.6 is 0 Å². The molecule has 2 aromatic rings. The number of esters is 1. The maximum Gasteiger partial charge on any atom is 0.322 e. The van der Waals surface area contributed by atoms with Crippen LogP contribution in [-0.2, 0) is 22.6 Å². The van der Waals surface area contributed by atoms with Crippen LogP contribution < -0.4 is 10.5 Å². The van der Waals surface area contributed by atoms with Crippen molar-refractivity contribution < 1.29 is 14.3 Å². The molecule has 0 saturated carbocycles. The van der Waals surface area contributed by atoms with E-state index in [0.717, 1.165) is 16.9 Å². The monoisotopic (exact) mass is 299 g/mol. The minimum absolute atomic E-state index is 0.403. The molecule has 2 rings (SSSR count). The topological polar surface area (TPSA) is 61.5 Å². The van der Waals surface area contributed by atoms with E-state index in [-0.39, 0.29) is 0 Å². The van der Waals surface area contributed by atoms with E-state index in [9.17, 15) is 4.79 Å². The molecule has 0 aliphatic heterocycles. The van der Waals surface area contributed by atoms with Crippen LogP contribution in [0.4, 0.5) is 0 Å². The Kier molecular flexibility index (Phi) is 5.55. The van der Waals surface area contributed by atoms with Crippen LogP contribution in [0.2, 0.25) is 0 Å². The molecule has 0 saturated heterocycles. The molecule has 0 radical (unpaired) electrons. The van der Waals surface area contributed by atoms with Crippen molar-refractivity contribution in [2.24, 2.45) is 5.73 Å². The van der Waals surface area contributed by atoms with Crippen molar-refractivity contribution in [1.29, 1.82) is 0 Å². The predicted molar refractivity (Wildman–Crippen MR) is 85.6 cm³/mol. The van der Waals surface area contributed by atoms with Crippen molar-refractivity contribution in [3.05, 3.63) is 65.2 Å². The van der Waals surface area contributed by atoms with Gasteiger partial charge in [0.1, 0.15) is 18.4 Å². The molecular formula is C18H21NO3. The van der Waals surface area contributed by atoms with Gasteiger partial charge in [-0.25, -0.2) is 0 Å². The Morgan fingerprint density at radius 2 is 1.86 bits per heavy atom. The molecule has 0 heterocycles. The minimum Gasteiger partial charge on any atom is -0.489 e.